The van der Waals surface area contributed by atoms with Crippen LogP contribution in [0.25, 0.3) is 6.08 Å². The average Bonchev–Trinajstić information content (AvgIpc) is 2.49. The number of amides is 2. The van der Waals surface area contributed by atoms with E-state index in [1.54, 1.807) is 24.4 Å². The number of halogens is 2. The van der Waals surface area contributed by atoms with Gasteiger partial charge < -0.3 is 10.6 Å². The smallest absolute Gasteiger partial charge is 0.319 e. The fraction of sp³-hybridized carbons (Fsp3) is 0.0625. The fourth-order valence-corrected chi connectivity index (χ4v) is 1.89. The van der Waals surface area contributed by atoms with Crippen LogP contribution >= 0.6 is 15.9 Å². The van der Waals surface area contributed by atoms with Gasteiger partial charge in [-0.3, -0.25) is 0 Å². The summed E-state index contributed by atoms with van der Waals surface area (Å²) in [6.45, 7) is 0.345. The Morgan fingerprint density at radius 2 is 1.76 bits per heavy atom. The molecule has 0 radical (unpaired) electrons. The van der Waals surface area contributed by atoms with Crippen LogP contribution in [-0.2, 0) is 6.54 Å². The van der Waals surface area contributed by atoms with Crippen LogP contribution in [0.2, 0.25) is 0 Å². The standard InChI is InChI=1S/C16H14BrFN2O/c17-14-5-1-12(2-6-14)9-10-19-16(21)20-11-13-3-7-15(18)8-4-13/h1-10H,11H2,(H2,19,20,21)/b10-9+. The minimum atomic E-state index is -0.312. The minimum absolute atomic E-state index is 0.291. The van der Waals surface area contributed by atoms with Crippen LogP contribution in [-0.4, -0.2) is 6.03 Å². The SMILES string of the molecule is O=C(N/C=C/c1ccc(Br)cc1)NCc1ccc(F)cc1. The van der Waals surface area contributed by atoms with Gasteiger partial charge in [0.1, 0.15) is 5.82 Å². The van der Waals surface area contributed by atoms with Crippen molar-refractivity contribution in [1.29, 1.82) is 0 Å². The zero-order chi connectivity index (χ0) is 15.1. The number of nitrogens with one attached hydrogen (secondary N) is 2. The van der Waals surface area contributed by atoms with E-state index in [0.29, 0.717) is 6.54 Å². The summed E-state index contributed by atoms with van der Waals surface area (Å²) in [5.74, 6) is -0.291. The topological polar surface area (TPSA) is 41.1 Å². The van der Waals surface area contributed by atoms with Gasteiger partial charge in [0.2, 0.25) is 0 Å². The number of hydrogen-bond acceptors (Lipinski definition) is 1. The second-order valence-corrected chi connectivity index (χ2v) is 5.25. The van der Waals surface area contributed by atoms with Crippen molar-refractivity contribution >= 4 is 28.0 Å². The monoisotopic (exact) mass is 348 g/mol. The highest BCUT2D eigenvalue weighted by Crippen LogP contribution is 2.11. The lowest BCUT2D eigenvalue weighted by Gasteiger charge is -2.04. The summed E-state index contributed by atoms with van der Waals surface area (Å²) >= 11 is 3.36. The lowest BCUT2D eigenvalue weighted by molar-refractivity contribution is 0.244. The van der Waals surface area contributed by atoms with Crippen molar-refractivity contribution in [2.75, 3.05) is 0 Å². The predicted molar refractivity (Wildman–Crippen MR) is 84.9 cm³/mol. The number of benzene rings is 2. The molecule has 2 aromatic carbocycles. The molecule has 5 heteroatoms. The van der Waals surface area contributed by atoms with E-state index in [1.165, 1.54) is 12.1 Å². The molecule has 0 heterocycles. The molecule has 0 spiro atoms. The van der Waals surface area contributed by atoms with E-state index in [2.05, 4.69) is 26.6 Å². The Bertz CT molecular complexity index is 624. The maximum atomic E-state index is 12.7. The van der Waals surface area contributed by atoms with Crippen molar-refractivity contribution in [1.82, 2.24) is 10.6 Å². The highest BCUT2D eigenvalue weighted by Gasteiger charge is 1.98. The van der Waals surface area contributed by atoms with Crippen LogP contribution in [0.4, 0.5) is 9.18 Å². The van der Waals surface area contributed by atoms with Crippen molar-refractivity contribution in [3.8, 4) is 0 Å². The molecule has 0 aromatic heterocycles. The Labute approximate surface area is 131 Å². The summed E-state index contributed by atoms with van der Waals surface area (Å²) in [7, 11) is 0. The van der Waals surface area contributed by atoms with E-state index >= 15 is 0 Å². The summed E-state index contributed by atoms with van der Waals surface area (Å²) < 4.78 is 13.7. The normalized spacial score (nSPS) is 10.6. The number of carbonyl (C=O) groups is 1. The Kier molecular flexibility index (Phi) is 5.51. The Morgan fingerprint density at radius 1 is 1.10 bits per heavy atom. The van der Waals surface area contributed by atoms with Gasteiger partial charge in [0, 0.05) is 17.2 Å². The molecule has 0 unspecified atom stereocenters. The van der Waals surface area contributed by atoms with Crippen molar-refractivity contribution in [2.24, 2.45) is 0 Å². The highest BCUT2D eigenvalue weighted by molar-refractivity contribution is 9.10. The maximum absolute atomic E-state index is 12.7. The molecule has 0 aliphatic heterocycles. The Hall–Kier alpha value is -2.14. The van der Waals surface area contributed by atoms with Crippen LogP contribution in [0.1, 0.15) is 11.1 Å². The molecule has 21 heavy (non-hydrogen) atoms. The van der Waals surface area contributed by atoms with Gasteiger partial charge in [0.25, 0.3) is 0 Å². The Morgan fingerprint density at radius 3 is 2.43 bits per heavy atom. The van der Waals surface area contributed by atoms with Crippen molar-refractivity contribution in [3.05, 3.63) is 76.1 Å². The summed E-state index contributed by atoms with van der Waals surface area (Å²) in [6.07, 6.45) is 3.37. The lowest BCUT2D eigenvalue weighted by Crippen LogP contribution is -2.31. The van der Waals surface area contributed by atoms with E-state index in [1.807, 2.05) is 24.3 Å². The first kappa shape index (κ1) is 15.3. The van der Waals surface area contributed by atoms with Crippen LogP contribution < -0.4 is 10.6 Å². The number of carbonyl (C=O) groups excluding carboxylic acids is 1. The molecule has 2 amide bonds. The molecule has 0 aliphatic carbocycles. The van der Waals surface area contributed by atoms with Crippen LogP contribution in [0, 0.1) is 5.82 Å². The zero-order valence-electron chi connectivity index (χ0n) is 11.1. The van der Waals surface area contributed by atoms with Crippen molar-refractivity contribution in [2.45, 2.75) is 6.54 Å². The molecular weight excluding hydrogens is 335 g/mol. The molecule has 0 atom stereocenters. The average molecular weight is 349 g/mol. The quantitative estimate of drug-likeness (QED) is 0.859. The van der Waals surface area contributed by atoms with Crippen LogP contribution in [0.3, 0.4) is 0 Å². The molecule has 2 N–H and O–H groups in total. The predicted octanol–water partition coefficient (Wildman–Crippen LogP) is 4.06. The number of hydrogen-bond donors (Lipinski definition) is 2. The molecule has 2 aromatic rings. The number of urea groups is 1. The first-order valence-corrected chi connectivity index (χ1v) is 7.14. The zero-order valence-corrected chi connectivity index (χ0v) is 12.7. The van der Waals surface area contributed by atoms with Gasteiger partial charge in [-0.2, -0.15) is 0 Å². The van der Waals surface area contributed by atoms with E-state index in [-0.39, 0.29) is 11.8 Å². The van der Waals surface area contributed by atoms with Crippen LogP contribution in [0.5, 0.6) is 0 Å². The summed E-state index contributed by atoms with van der Waals surface area (Å²) in [5, 5.41) is 5.29. The third-order valence-electron chi connectivity index (χ3n) is 2.73. The van der Waals surface area contributed by atoms with E-state index in [9.17, 15) is 9.18 Å². The molecule has 2 rings (SSSR count). The molecular formula is C16H14BrFN2O. The van der Waals surface area contributed by atoms with Gasteiger partial charge in [0.05, 0.1) is 0 Å². The van der Waals surface area contributed by atoms with Crippen molar-refractivity contribution < 1.29 is 9.18 Å². The van der Waals surface area contributed by atoms with Crippen LogP contribution in [0.15, 0.2) is 59.2 Å². The molecule has 0 fully saturated rings. The third-order valence-corrected chi connectivity index (χ3v) is 3.26. The molecule has 3 nitrogen and oxygen atoms in total. The molecule has 0 saturated carbocycles. The van der Waals surface area contributed by atoms with Gasteiger partial charge in [-0.25, -0.2) is 9.18 Å². The first-order chi connectivity index (χ1) is 10.1. The van der Waals surface area contributed by atoms with Gasteiger partial charge in [-0.1, -0.05) is 40.2 Å². The molecule has 0 bridgehead atoms. The number of rotatable bonds is 4. The summed E-state index contributed by atoms with van der Waals surface area (Å²) in [6, 6.07) is 13.4. The van der Waals surface area contributed by atoms with E-state index in [0.717, 1.165) is 15.6 Å². The first-order valence-electron chi connectivity index (χ1n) is 6.34. The maximum Gasteiger partial charge on any atom is 0.319 e. The Balaban J connectivity index is 1.77. The second-order valence-electron chi connectivity index (χ2n) is 4.34. The van der Waals surface area contributed by atoms with Crippen molar-refractivity contribution in [3.63, 3.8) is 0 Å². The second kappa shape index (κ2) is 7.59. The van der Waals surface area contributed by atoms with Gasteiger partial charge >= 0.3 is 6.03 Å². The minimum Gasteiger partial charge on any atom is -0.334 e. The van der Waals surface area contributed by atoms with Gasteiger partial charge in [-0.05, 0) is 41.5 Å². The molecule has 0 aliphatic rings. The third kappa shape index (κ3) is 5.39. The molecule has 108 valence electrons. The largest absolute Gasteiger partial charge is 0.334 e. The highest BCUT2D eigenvalue weighted by atomic mass is 79.9. The van der Waals surface area contributed by atoms with E-state index in [4.69, 9.17) is 0 Å². The van der Waals surface area contributed by atoms with Gasteiger partial charge in [-0.15, -0.1) is 0 Å². The van der Waals surface area contributed by atoms with Gasteiger partial charge in [0.15, 0.2) is 0 Å². The fourth-order valence-electron chi connectivity index (χ4n) is 1.62. The summed E-state index contributed by atoms with van der Waals surface area (Å²) in [4.78, 5) is 11.6. The van der Waals surface area contributed by atoms with E-state index < -0.39 is 0 Å². The molecule has 0 saturated heterocycles. The lowest BCUT2D eigenvalue weighted by atomic mass is 10.2. The summed E-state index contributed by atoms with van der Waals surface area (Å²) in [5.41, 5.74) is 1.82.